The molecule has 164 valence electrons. The number of terminal acetylenes is 1. The van der Waals surface area contributed by atoms with Crippen LogP contribution in [0.25, 0.3) is 0 Å². The van der Waals surface area contributed by atoms with Gasteiger partial charge in [0.15, 0.2) is 5.96 Å². The van der Waals surface area contributed by atoms with E-state index in [-0.39, 0.29) is 25.1 Å². The van der Waals surface area contributed by atoms with Crippen LogP contribution in [0.1, 0.15) is 38.0 Å². The number of aliphatic hydroxyl groups excluding tert-OH is 1. The van der Waals surface area contributed by atoms with E-state index in [0.717, 1.165) is 5.56 Å². The van der Waals surface area contributed by atoms with Gasteiger partial charge in [0, 0.05) is 24.3 Å². The molecule has 0 heterocycles. The van der Waals surface area contributed by atoms with Crippen LogP contribution in [0.5, 0.6) is 5.75 Å². The SMILES string of the molecule is C#Cc1cccc(NC(=O)CN=C(NCC)NCC(O)c2cccc(OC(C)C)c2)c1. The summed E-state index contributed by atoms with van der Waals surface area (Å²) in [5, 5.41) is 19.4. The van der Waals surface area contributed by atoms with Crippen molar-refractivity contribution in [2.75, 3.05) is 25.0 Å². The van der Waals surface area contributed by atoms with Crippen LogP contribution in [-0.2, 0) is 4.79 Å². The molecule has 2 aromatic carbocycles. The number of ether oxygens (including phenoxy) is 1. The third kappa shape index (κ3) is 8.41. The van der Waals surface area contributed by atoms with Crippen LogP contribution in [0, 0.1) is 12.3 Å². The third-order valence-electron chi connectivity index (χ3n) is 4.12. The second-order valence-electron chi connectivity index (χ2n) is 7.10. The Bertz CT molecular complexity index is 934. The van der Waals surface area contributed by atoms with E-state index in [1.807, 2.05) is 45.0 Å². The predicted octanol–water partition coefficient (Wildman–Crippen LogP) is 2.68. The molecule has 0 saturated heterocycles. The van der Waals surface area contributed by atoms with E-state index in [1.54, 1.807) is 24.3 Å². The monoisotopic (exact) mass is 422 g/mol. The van der Waals surface area contributed by atoms with Gasteiger partial charge in [0.25, 0.3) is 0 Å². The maximum absolute atomic E-state index is 12.2. The van der Waals surface area contributed by atoms with E-state index in [9.17, 15) is 9.90 Å². The predicted molar refractivity (Wildman–Crippen MR) is 124 cm³/mol. The lowest BCUT2D eigenvalue weighted by Gasteiger charge is -2.17. The molecule has 7 heteroatoms. The summed E-state index contributed by atoms with van der Waals surface area (Å²) < 4.78 is 5.67. The number of carbonyl (C=O) groups is 1. The lowest BCUT2D eigenvalue weighted by Crippen LogP contribution is -2.40. The number of nitrogens with zero attached hydrogens (tertiary/aromatic N) is 1. The molecule has 31 heavy (non-hydrogen) atoms. The van der Waals surface area contributed by atoms with Crippen molar-refractivity contribution < 1.29 is 14.6 Å². The van der Waals surface area contributed by atoms with Gasteiger partial charge in [-0.15, -0.1) is 6.42 Å². The zero-order chi connectivity index (χ0) is 22.6. The van der Waals surface area contributed by atoms with E-state index < -0.39 is 6.10 Å². The number of amides is 1. The standard InChI is InChI=1S/C24H30N4O3/c1-5-18-9-7-11-20(13-18)28-23(30)16-27-24(25-6-2)26-15-22(29)19-10-8-12-21(14-19)31-17(3)4/h1,7-14,17,22,29H,6,15-16H2,2-4H3,(H,28,30)(H2,25,26,27). The molecule has 2 rings (SSSR count). The summed E-state index contributed by atoms with van der Waals surface area (Å²) in [7, 11) is 0. The molecule has 0 bridgehead atoms. The van der Waals surface area contributed by atoms with Crippen LogP contribution in [0.4, 0.5) is 5.69 Å². The molecule has 4 N–H and O–H groups in total. The van der Waals surface area contributed by atoms with Gasteiger partial charge >= 0.3 is 0 Å². The van der Waals surface area contributed by atoms with Crippen LogP contribution in [-0.4, -0.2) is 42.7 Å². The van der Waals surface area contributed by atoms with Crippen LogP contribution in [0.3, 0.4) is 0 Å². The number of anilines is 1. The summed E-state index contributed by atoms with van der Waals surface area (Å²) in [5.41, 5.74) is 2.04. The van der Waals surface area contributed by atoms with E-state index in [1.165, 1.54) is 0 Å². The van der Waals surface area contributed by atoms with Gasteiger partial charge in [0.1, 0.15) is 12.3 Å². The Hall–Kier alpha value is -3.50. The Morgan fingerprint density at radius 2 is 1.97 bits per heavy atom. The molecule has 1 amide bonds. The molecule has 0 aliphatic carbocycles. The smallest absolute Gasteiger partial charge is 0.246 e. The lowest BCUT2D eigenvalue weighted by molar-refractivity contribution is -0.114. The van der Waals surface area contributed by atoms with Gasteiger partial charge in [-0.3, -0.25) is 4.79 Å². The maximum Gasteiger partial charge on any atom is 0.246 e. The van der Waals surface area contributed by atoms with Crippen LogP contribution in [0.2, 0.25) is 0 Å². The quantitative estimate of drug-likeness (QED) is 0.283. The summed E-state index contributed by atoms with van der Waals surface area (Å²) in [4.78, 5) is 16.5. The Kier molecular flexibility index (Phi) is 9.40. The molecule has 0 saturated carbocycles. The number of nitrogens with one attached hydrogen (secondary N) is 3. The number of benzene rings is 2. The van der Waals surface area contributed by atoms with Crippen molar-refractivity contribution in [3.05, 3.63) is 59.7 Å². The summed E-state index contributed by atoms with van der Waals surface area (Å²) >= 11 is 0. The van der Waals surface area contributed by atoms with Crippen LogP contribution in [0.15, 0.2) is 53.5 Å². The van der Waals surface area contributed by atoms with Crippen molar-refractivity contribution in [2.24, 2.45) is 4.99 Å². The minimum absolute atomic E-state index is 0.0539. The summed E-state index contributed by atoms with van der Waals surface area (Å²) in [6.07, 6.45) is 4.67. The molecule has 0 aromatic heterocycles. The van der Waals surface area contributed by atoms with Gasteiger partial charge in [0.2, 0.25) is 5.91 Å². The molecule has 0 fully saturated rings. The molecule has 1 unspecified atom stereocenters. The lowest BCUT2D eigenvalue weighted by atomic mass is 10.1. The number of hydrogen-bond donors (Lipinski definition) is 4. The Balaban J connectivity index is 1.93. The summed E-state index contributed by atoms with van der Waals surface area (Å²) in [5.74, 6) is 3.40. The van der Waals surface area contributed by atoms with Gasteiger partial charge in [-0.1, -0.05) is 24.1 Å². The van der Waals surface area contributed by atoms with Gasteiger partial charge < -0.3 is 25.8 Å². The summed E-state index contributed by atoms with van der Waals surface area (Å²) in [6, 6.07) is 14.4. The highest BCUT2D eigenvalue weighted by atomic mass is 16.5. The maximum atomic E-state index is 12.2. The highest BCUT2D eigenvalue weighted by Crippen LogP contribution is 2.20. The first-order chi connectivity index (χ1) is 14.9. The average Bonchev–Trinajstić information content (AvgIpc) is 2.75. The van der Waals surface area contributed by atoms with Crippen molar-refractivity contribution in [3.63, 3.8) is 0 Å². The third-order valence-corrected chi connectivity index (χ3v) is 4.12. The molecule has 0 aliphatic heterocycles. The zero-order valence-electron chi connectivity index (χ0n) is 18.2. The zero-order valence-corrected chi connectivity index (χ0v) is 18.2. The van der Waals surface area contributed by atoms with E-state index in [4.69, 9.17) is 11.2 Å². The van der Waals surface area contributed by atoms with Crippen molar-refractivity contribution in [2.45, 2.75) is 33.0 Å². The Morgan fingerprint density at radius 1 is 1.19 bits per heavy atom. The first-order valence-electron chi connectivity index (χ1n) is 10.2. The van der Waals surface area contributed by atoms with E-state index in [2.05, 4.69) is 26.9 Å². The van der Waals surface area contributed by atoms with Crippen LogP contribution >= 0.6 is 0 Å². The molecule has 0 radical (unpaired) electrons. The largest absolute Gasteiger partial charge is 0.491 e. The number of aliphatic hydroxyl groups is 1. The first kappa shape index (κ1) is 23.8. The average molecular weight is 423 g/mol. The Labute approximate surface area is 183 Å². The fourth-order valence-electron chi connectivity index (χ4n) is 2.76. The number of guanidine groups is 1. The number of hydrogen-bond acceptors (Lipinski definition) is 4. The fraction of sp³-hybridized carbons (Fsp3) is 0.333. The van der Waals surface area contributed by atoms with Gasteiger partial charge in [0.05, 0.1) is 12.2 Å². The minimum Gasteiger partial charge on any atom is -0.491 e. The number of carbonyl (C=O) groups excluding carboxylic acids is 1. The number of aliphatic imine (C=N–C) groups is 1. The summed E-state index contributed by atoms with van der Waals surface area (Å²) in [6.45, 7) is 6.58. The molecule has 0 aliphatic rings. The van der Waals surface area contributed by atoms with Crippen molar-refractivity contribution in [1.82, 2.24) is 10.6 Å². The highest BCUT2D eigenvalue weighted by molar-refractivity contribution is 5.94. The van der Waals surface area contributed by atoms with Gasteiger partial charge in [-0.25, -0.2) is 4.99 Å². The van der Waals surface area contributed by atoms with Crippen molar-refractivity contribution in [3.8, 4) is 18.1 Å². The molecular formula is C24H30N4O3. The highest BCUT2D eigenvalue weighted by Gasteiger charge is 2.11. The second kappa shape index (κ2) is 12.3. The van der Waals surface area contributed by atoms with Crippen molar-refractivity contribution in [1.29, 1.82) is 0 Å². The molecule has 7 nitrogen and oxygen atoms in total. The van der Waals surface area contributed by atoms with Gasteiger partial charge in [-0.05, 0) is 56.7 Å². The molecular weight excluding hydrogens is 392 g/mol. The van der Waals surface area contributed by atoms with E-state index >= 15 is 0 Å². The topological polar surface area (TPSA) is 95.0 Å². The normalized spacial score (nSPS) is 12.1. The Morgan fingerprint density at radius 3 is 2.68 bits per heavy atom. The molecule has 2 aromatic rings. The molecule has 0 spiro atoms. The minimum atomic E-state index is -0.764. The number of rotatable bonds is 9. The second-order valence-corrected chi connectivity index (χ2v) is 7.10. The fourth-order valence-corrected chi connectivity index (χ4v) is 2.76. The van der Waals surface area contributed by atoms with Crippen molar-refractivity contribution >= 4 is 17.6 Å². The van der Waals surface area contributed by atoms with Crippen LogP contribution < -0.4 is 20.7 Å². The first-order valence-corrected chi connectivity index (χ1v) is 10.2. The molecule has 1 atom stereocenters. The van der Waals surface area contributed by atoms with Gasteiger partial charge in [-0.2, -0.15) is 0 Å². The van der Waals surface area contributed by atoms with E-state index in [0.29, 0.717) is 29.5 Å².